The van der Waals surface area contributed by atoms with Crippen molar-refractivity contribution in [3.8, 4) is 0 Å². The molecule has 2 unspecified atom stereocenters. The monoisotopic (exact) mass is 832 g/mol. The van der Waals surface area contributed by atoms with Gasteiger partial charge < -0.3 is 30.4 Å². The maximum Gasteiger partial charge on any atom is 1.00 e. The number of aliphatic carboxylic acids is 2. The third-order valence-electron chi connectivity index (χ3n) is 11.1. The number of H-pyrrole nitrogens is 2. The van der Waals surface area contributed by atoms with Gasteiger partial charge in [-0.05, 0) is 136 Å². The smallest absolute Gasteiger partial charge is 0.862 e. The van der Waals surface area contributed by atoms with Crippen molar-refractivity contribution in [3.63, 3.8) is 0 Å². The van der Waals surface area contributed by atoms with E-state index in [1.165, 1.54) is 0 Å². The van der Waals surface area contributed by atoms with Crippen LogP contribution in [0.2, 0.25) is 0 Å². The first kappa shape index (κ1) is 50.3. The van der Waals surface area contributed by atoms with E-state index in [9.17, 15) is 30.0 Å². The molecule has 5 heterocycles. The Bertz CT molecular complexity index is 2420. The number of carboxylic acid groups (broad SMARTS) is 2. The van der Waals surface area contributed by atoms with E-state index in [1.54, 1.807) is 6.08 Å². The van der Waals surface area contributed by atoms with Gasteiger partial charge in [0.05, 0.1) is 22.8 Å². The van der Waals surface area contributed by atoms with Gasteiger partial charge in [0, 0.05) is 33.2 Å². The molecule has 3 aromatic rings. The number of fused-ring (bicyclic) bond motifs is 8. The number of nitrogens with zero attached hydrogens (tertiary/aromatic N) is 4. The molecule has 60 heavy (non-hydrogen) atoms. The Kier molecular flexibility index (Phi) is 19.0. The van der Waals surface area contributed by atoms with Gasteiger partial charge in [-0.1, -0.05) is 64.8 Å². The molecule has 2 aliphatic rings. The van der Waals surface area contributed by atoms with Crippen molar-refractivity contribution >= 4 is 80.2 Å². The summed E-state index contributed by atoms with van der Waals surface area (Å²) in [5, 5.41) is 45.7. The van der Waals surface area contributed by atoms with Gasteiger partial charge in [0.1, 0.15) is 12.1 Å². The molecule has 306 valence electrons. The molecule has 3 aromatic heterocycles. The van der Waals surface area contributed by atoms with E-state index < -0.39 is 35.8 Å². The zero-order valence-corrected chi connectivity index (χ0v) is 40.4. The molecule has 0 saturated carbocycles. The molecule has 0 fully saturated rings. The van der Waals surface area contributed by atoms with Crippen molar-refractivity contribution < 1.29 is 89.1 Å². The van der Waals surface area contributed by atoms with Crippen LogP contribution in [-0.4, -0.2) is 66.0 Å². The number of unbranched alkanes of at least 4 members (excludes halogenated alkanes) is 2. The zero-order valence-electron chi connectivity index (χ0n) is 36.4. The molecular weight excluding hydrogens is 779 g/mol. The summed E-state index contributed by atoms with van der Waals surface area (Å²) in [6, 6.07) is 5.67. The molecule has 0 radical (unpaired) electrons. The normalized spacial score (nSPS) is 14.0. The average Bonchev–Trinajstić information content (AvgIpc) is 3.85. The maximum absolute atomic E-state index is 13.2. The van der Waals surface area contributed by atoms with Crippen molar-refractivity contribution in [3.05, 3.63) is 82.5 Å². The molecule has 0 saturated heterocycles. The second-order valence-electron chi connectivity index (χ2n) is 15.0. The summed E-state index contributed by atoms with van der Waals surface area (Å²) in [5.41, 5.74) is 13.0. The number of hydrogen-bond acceptors (Lipinski definition) is 8. The van der Waals surface area contributed by atoms with E-state index in [2.05, 4.69) is 33.1 Å². The van der Waals surface area contributed by atoms with Gasteiger partial charge in [0.2, 0.25) is 0 Å². The van der Waals surface area contributed by atoms with Crippen molar-refractivity contribution in [1.82, 2.24) is 19.9 Å². The standard InChI is InChI=1S/C46H56N6O6.2Na/c1-9-13-15-33(45(55)56)51-43(53)19-17-31-27(7)36-21-35-25(5)29(11-3)39(47-35)22-37-26(6)30(12-4)40(48-37)23-38-28(8)32(42(50-38)24-41(31)49-36)18-20-44(54)52-34(46(57)58)16-14-10-2;;/h11-12,21-24,33-34,47-48H,3-4,9-10,13-20H2,1-2,5-8H3,(H,51,53)(H,52,54)(H,55,56)(H,57,58);;/q;2*+1/p-2. The summed E-state index contributed by atoms with van der Waals surface area (Å²) in [7, 11) is 0. The van der Waals surface area contributed by atoms with Crippen molar-refractivity contribution in [2.45, 2.75) is 118 Å². The third kappa shape index (κ3) is 11.7. The SMILES string of the molecule is C=Cc1c(C)c2cc3[nH]c(cc4nc(cc5nc(cc1[nH]2)C(C)=C5CCC([O-])=NC(CCCC)C(=O)O)C(CCC([O-])=NC(CCCC)C(=O)O)=C4C)c(C)c3C=C.[Na+].[Na+]. The first-order valence-corrected chi connectivity index (χ1v) is 20.0. The topological polar surface area (TPSA) is 203 Å². The summed E-state index contributed by atoms with van der Waals surface area (Å²) < 4.78 is 0. The van der Waals surface area contributed by atoms with E-state index in [0.29, 0.717) is 48.5 Å². The number of hydrogen-bond donors (Lipinski definition) is 4. The fourth-order valence-electron chi connectivity index (χ4n) is 7.52. The molecule has 0 amide bonds. The molecule has 0 spiro atoms. The number of nitrogens with one attached hydrogen (secondary N) is 2. The Labute approximate surface area is 396 Å². The molecule has 5 rings (SSSR count). The first-order chi connectivity index (χ1) is 27.7. The predicted octanol–water partition coefficient (Wildman–Crippen LogP) is 2.45. The maximum atomic E-state index is 13.2. The van der Waals surface area contributed by atoms with Crippen LogP contribution in [0.1, 0.15) is 137 Å². The third-order valence-corrected chi connectivity index (χ3v) is 11.1. The Morgan fingerprint density at radius 3 is 1.43 bits per heavy atom. The molecule has 8 bridgehead atoms. The van der Waals surface area contributed by atoms with Gasteiger partial charge in [-0.2, -0.15) is 0 Å². The molecule has 0 aromatic carbocycles. The number of aromatic amines is 2. The van der Waals surface area contributed by atoms with Gasteiger partial charge in [0.15, 0.2) is 0 Å². The van der Waals surface area contributed by atoms with E-state index in [1.807, 2.05) is 71.9 Å². The molecule has 14 heteroatoms. The average molecular weight is 833 g/mol. The van der Waals surface area contributed by atoms with E-state index in [4.69, 9.17) is 9.97 Å². The van der Waals surface area contributed by atoms with Crippen molar-refractivity contribution in [2.24, 2.45) is 9.98 Å². The molecular formula is C46H54N6Na2O6. The zero-order chi connectivity index (χ0) is 42.3. The minimum absolute atomic E-state index is 0. The number of allylic oxidation sites excluding steroid dienone is 4. The van der Waals surface area contributed by atoms with Gasteiger partial charge in [-0.3, -0.25) is 9.98 Å². The second kappa shape index (κ2) is 22.7. The number of aromatic nitrogens is 4. The van der Waals surface area contributed by atoms with Gasteiger partial charge >= 0.3 is 71.1 Å². The van der Waals surface area contributed by atoms with Crippen LogP contribution in [0.25, 0.3) is 56.5 Å². The summed E-state index contributed by atoms with van der Waals surface area (Å²) in [4.78, 5) is 49.2. The Morgan fingerprint density at radius 1 is 0.667 bits per heavy atom. The Hall–Kier alpha value is -4.04. The summed E-state index contributed by atoms with van der Waals surface area (Å²) in [5.74, 6) is -3.22. The molecule has 2 atom stereocenters. The van der Waals surface area contributed by atoms with Crippen LogP contribution in [0.3, 0.4) is 0 Å². The Balaban J connectivity index is 0.00000480. The van der Waals surface area contributed by atoms with E-state index in [0.717, 1.165) is 79.5 Å². The van der Waals surface area contributed by atoms with Gasteiger partial charge in [-0.15, -0.1) is 0 Å². The van der Waals surface area contributed by atoms with Crippen molar-refractivity contribution in [1.29, 1.82) is 0 Å². The minimum atomic E-state index is -1.12. The minimum Gasteiger partial charge on any atom is -0.862 e. The Morgan fingerprint density at radius 2 is 1.05 bits per heavy atom. The quantitative estimate of drug-likeness (QED) is 0.0851. The van der Waals surface area contributed by atoms with Gasteiger partial charge in [-0.25, -0.2) is 19.6 Å². The molecule has 0 aliphatic carbocycles. The van der Waals surface area contributed by atoms with Crippen LogP contribution >= 0.6 is 0 Å². The van der Waals surface area contributed by atoms with Crippen LogP contribution in [0.15, 0.2) is 47.4 Å². The summed E-state index contributed by atoms with van der Waals surface area (Å²) in [6.45, 7) is 20.0. The van der Waals surface area contributed by atoms with Crippen LogP contribution in [-0.2, 0) is 9.59 Å². The number of rotatable bonds is 18. The first-order valence-electron chi connectivity index (χ1n) is 20.0. The van der Waals surface area contributed by atoms with Crippen molar-refractivity contribution in [2.75, 3.05) is 0 Å². The molecule has 2 aliphatic heterocycles. The number of carbonyl (C=O) groups is 2. The number of aryl methyl sites for hydroxylation is 2. The summed E-state index contributed by atoms with van der Waals surface area (Å²) >= 11 is 0. The van der Waals surface area contributed by atoms with Crippen LogP contribution in [0, 0.1) is 13.8 Å². The predicted molar refractivity (Wildman–Crippen MR) is 231 cm³/mol. The van der Waals surface area contributed by atoms with E-state index >= 15 is 0 Å². The van der Waals surface area contributed by atoms with Crippen LogP contribution in [0.4, 0.5) is 0 Å². The summed E-state index contributed by atoms with van der Waals surface area (Å²) in [6.07, 6.45) is 7.58. The molecule has 4 N–H and O–H groups in total. The van der Waals surface area contributed by atoms with Gasteiger partial charge in [0.25, 0.3) is 0 Å². The largest absolute Gasteiger partial charge is 1.00 e. The fourth-order valence-corrected chi connectivity index (χ4v) is 7.52. The van der Waals surface area contributed by atoms with Crippen LogP contribution in [0.5, 0.6) is 0 Å². The van der Waals surface area contributed by atoms with E-state index in [-0.39, 0.29) is 84.8 Å². The fraction of sp³-hybridized carbons (Fsp3) is 0.391. The number of aliphatic imine (C=N–C) groups is 2. The second-order valence-corrected chi connectivity index (χ2v) is 15.0. The number of carboxylic acids is 2. The van der Waals surface area contributed by atoms with Crippen LogP contribution < -0.4 is 69.3 Å². The molecule has 12 nitrogen and oxygen atoms in total.